The molecule has 0 bridgehead atoms. The molecule has 2 heterocycles. The van der Waals surface area contributed by atoms with Crippen molar-refractivity contribution in [1.29, 1.82) is 0 Å². The maximum atomic E-state index is 11.8. The van der Waals surface area contributed by atoms with Gasteiger partial charge in [-0.2, -0.15) is 5.10 Å². The van der Waals surface area contributed by atoms with E-state index in [1.54, 1.807) is 6.92 Å². The molecule has 1 atom stereocenters. The summed E-state index contributed by atoms with van der Waals surface area (Å²) in [6, 6.07) is 0. The molecule has 0 amide bonds. The Bertz CT molecular complexity index is 517. The predicted octanol–water partition coefficient (Wildman–Crippen LogP) is 1.20. The first-order valence-electron chi connectivity index (χ1n) is 6.28. The van der Waals surface area contributed by atoms with Crippen molar-refractivity contribution in [3.05, 3.63) is 21.6 Å². The third-order valence-electron chi connectivity index (χ3n) is 3.16. The van der Waals surface area contributed by atoms with Crippen LogP contribution in [-0.4, -0.2) is 35.9 Å². The summed E-state index contributed by atoms with van der Waals surface area (Å²) in [5, 5.41) is 6.13. The topological polar surface area (TPSA) is 75.3 Å². The third kappa shape index (κ3) is 3.07. The Morgan fingerprint density at radius 3 is 3.21 bits per heavy atom. The van der Waals surface area contributed by atoms with E-state index in [2.05, 4.69) is 10.2 Å². The first-order valence-corrected chi connectivity index (χ1v) is 6.66. The molecule has 0 spiro atoms. The van der Waals surface area contributed by atoms with Gasteiger partial charge in [0.25, 0.3) is 5.56 Å². The summed E-state index contributed by atoms with van der Waals surface area (Å²) in [6.45, 7) is 3.42. The molecule has 1 fully saturated rings. The zero-order valence-corrected chi connectivity index (χ0v) is 11.4. The Balaban J connectivity index is 2.15. The lowest BCUT2D eigenvalue weighted by Gasteiger charge is -2.33. The Hall–Kier alpha value is -1.56. The van der Waals surface area contributed by atoms with Crippen molar-refractivity contribution in [2.75, 3.05) is 24.6 Å². The Morgan fingerprint density at radius 2 is 2.47 bits per heavy atom. The van der Waals surface area contributed by atoms with Crippen LogP contribution in [0.2, 0.25) is 5.02 Å². The summed E-state index contributed by atoms with van der Waals surface area (Å²) in [5.74, 6) is -0.370. The molecule has 0 unspecified atom stereocenters. The number of nitrogens with one attached hydrogen (secondary N) is 1. The van der Waals surface area contributed by atoms with Crippen LogP contribution in [0.1, 0.15) is 19.8 Å². The lowest BCUT2D eigenvalue weighted by Crippen LogP contribution is -2.40. The molecule has 2 rings (SSSR count). The summed E-state index contributed by atoms with van der Waals surface area (Å²) in [7, 11) is 0. The number of esters is 1. The molecular weight excluding hydrogens is 270 g/mol. The zero-order chi connectivity index (χ0) is 13.8. The number of carbonyl (C=O) groups is 1. The number of nitrogens with zero attached hydrogens (tertiary/aromatic N) is 2. The summed E-state index contributed by atoms with van der Waals surface area (Å²) < 4.78 is 5.04. The second-order valence-corrected chi connectivity index (χ2v) is 4.81. The quantitative estimate of drug-likeness (QED) is 0.845. The van der Waals surface area contributed by atoms with E-state index in [-0.39, 0.29) is 16.9 Å². The van der Waals surface area contributed by atoms with Gasteiger partial charge in [0.15, 0.2) is 0 Å². The highest BCUT2D eigenvalue weighted by Crippen LogP contribution is 2.26. The van der Waals surface area contributed by atoms with Crippen molar-refractivity contribution in [1.82, 2.24) is 10.2 Å². The van der Waals surface area contributed by atoms with Gasteiger partial charge >= 0.3 is 5.97 Å². The number of hydrogen-bond acceptors (Lipinski definition) is 5. The number of H-pyrrole nitrogens is 1. The minimum absolute atomic E-state index is 0.111. The molecule has 104 valence electrons. The highest BCUT2D eigenvalue weighted by atomic mass is 35.5. The molecule has 1 aromatic heterocycles. The van der Waals surface area contributed by atoms with E-state index in [0.29, 0.717) is 18.8 Å². The van der Waals surface area contributed by atoms with Gasteiger partial charge in [0.05, 0.1) is 24.4 Å². The van der Waals surface area contributed by atoms with Crippen LogP contribution >= 0.6 is 11.6 Å². The number of rotatable bonds is 3. The molecule has 0 saturated carbocycles. The van der Waals surface area contributed by atoms with Gasteiger partial charge in [-0.3, -0.25) is 9.59 Å². The fraction of sp³-hybridized carbons (Fsp3) is 0.583. The van der Waals surface area contributed by atoms with Crippen molar-refractivity contribution >= 4 is 23.3 Å². The number of halogens is 1. The molecule has 0 aliphatic carbocycles. The molecule has 1 aliphatic heterocycles. The van der Waals surface area contributed by atoms with E-state index in [4.69, 9.17) is 16.3 Å². The number of ether oxygens (including phenoxy) is 1. The van der Waals surface area contributed by atoms with Crippen molar-refractivity contribution in [3.8, 4) is 0 Å². The molecule has 7 heteroatoms. The Kier molecular flexibility index (Phi) is 4.42. The SMILES string of the molecule is CCOC(=O)[C@@H]1CCCN(c2cn[nH]c(=O)c2Cl)C1. The number of piperidine rings is 1. The summed E-state index contributed by atoms with van der Waals surface area (Å²) in [5.41, 5.74) is 0.150. The number of carbonyl (C=O) groups excluding carboxylic acids is 1. The highest BCUT2D eigenvalue weighted by molar-refractivity contribution is 6.33. The van der Waals surface area contributed by atoms with E-state index in [9.17, 15) is 9.59 Å². The molecule has 1 aliphatic rings. The standard InChI is InChI=1S/C12H16ClN3O3/c1-2-19-12(18)8-4-3-5-16(7-8)9-6-14-15-11(17)10(9)13/h6,8H,2-5,7H2,1H3,(H,15,17)/t8-/m1/s1. The molecule has 1 N–H and O–H groups in total. The molecular formula is C12H16ClN3O3. The monoisotopic (exact) mass is 285 g/mol. The van der Waals surface area contributed by atoms with Crippen molar-refractivity contribution < 1.29 is 9.53 Å². The zero-order valence-electron chi connectivity index (χ0n) is 10.7. The fourth-order valence-electron chi connectivity index (χ4n) is 2.24. The van der Waals surface area contributed by atoms with Gasteiger partial charge in [-0.25, -0.2) is 5.10 Å². The van der Waals surface area contributed by atoms with Crippen LogP contribution in [0.25, 0.3) is 0 Å². The molecule has 0 aromatic carbocycles. The van der Waals surface area contributed by atoms with Gasteiger partial charge in [-0.15, -0.1) is 0 Å². The maximum Gasteiger partial charge on any atom is 0.310 e. The third-order valence-corrected chi connectivity index (χ3v) is 3.52. The second-order valence-electron chi connectivity index (χ2n) is 4.44. The van der Waals surface area contributed by atoms with Crippen molar-refractivity contribution in [2.45, 2.75) is 19.8 Å². The summed E-state index contributed by atoms with van der Waals surface area (Å²) >= 11 is 5.97. The lowest BCUT2D eigenvalue weighted by molar-refractivity contribution is -0.148. The number of aromatic amines is 1. The summed E-state index contributed by atoms with van der Waals surface area (Å²) in [6.07, 6.45) is 3.16. The first-order chi connectivity index (χ1) is 9.13. The number of aromatic nitrogens is 2. The van der Waals surface area contributed by atoms with Gasteiger partial charge in [-0.05, 0) is 19.8 Å². The first kappa shape index (κ1) is 13.9. The Labute approximate surface area is 115 Å². The number of anilines is 1. The van der Waals surface area contributed by atoms with Crippen molar-refractivity contribution in [2.24, 2.45) is 5.92 Å². The molecule has 0 radical (unpaired) electrons. The van der Waals surface area contributed by atoms with Gasteiger partial charge < -0.3 is 9.64 Å². The van der Waals surface area contributed by atoms with Crippen LogP contribution < -0.4 is 10.5 Å². The van der Waals surface area contributed by atoms with Gasteiger partial charge in [0.1, 0.15) is 5.02 Å². The minimum Gasteiger partial charge on any atom is -0.466 e. The largest absolute Gasteiger partial charge is 0.466 e. The van der Waals surface area contributed by atoms with Crippen LogP contribution in [0.5, 0.6) is 0 Å². The summed E-state index contributed by atoms with van der Waals surface area (Å²) in [4.78, 5) is 25.1. The van der Waals surface area contributed by atoms with Crippen LogP contribution in [0.4, 0.5) is 5.69 Å². The van der Waals surface area contributed by atoms with Gasteiger partial charge in [0.2, 0.25) is 0 Å². The molecule has 19 heavy (non-hydrogen) atoms. The normalized spacial score (nSPS) is 19.3. The predicted molar refractivity (Wildman–Crippen MR) is 71.4 cm³/mol. The minimum atomic E-state index is -0.419. The molecule has 1 aromatic rings. The van der Waals surface area contributed by atoms with E-state index in [1.165, 1.54) is 6.20 Å². The van der Waals surface area contributed by atoms with Crippen LogP contribution in [-0.2, 0) is 9.53 Å². The molecule has 6 nitrogen and oxygen atoms in total. The number of hydrogen-bond donors (Lipinski definition) is 1. The van der Waals surface area contributed by atoms with E-state index in [0.717, 1.165) is 19.4 Å². The average Bonchev–Trinajstić information content (AvgIpc) is 2.42. The fourth-order valence-corrected chi connectivity index (χ4v) is 2.45. The van der Waals surface area contributed by atoms with Crippen LogP contribution in [0.3, 0.4) is 0 Å². The van der Waals surface area contributed by atoms with E-state index in [1.807, 2.05) is 4.90 Å². The second kappa shape index (κ2) is 6.06. The van der Waals surface area contributed by atoms with Gasteiger partial charge in [0, 0.05) is 13.1 Å². The lowest BCUT2D eigenvalue weighted by atomic mass is 9.98. The van der Waals surface area contributed by atoms with E-state index < -0.39 is 5.56 Å². The Morgan fingerprint density at radius 1 is 1.68 bits per heavy atom. The van der Waals surface area contributed by atoms with Crippen molar-refractivity contribution in [3.63, 3.8) is 0 Å². The average molecular weight is 286 g/mol. The maximum absolute atomic E-state index is 11.8. The highest BCUT2D eigenvalue weighted by Gasteiger charge is 2.28. The molecule has 1 saturated heterocycles. The van der Waals surface area contributed by atoms with Crippen LogP contribution in [0.15, 0.2) is 11.0 Å². The van der Waals surface area contributed by atoms with Gasteiger partial charge in [-0.1, -0.05) is 11.6 Å². The van der Waals surface area contributed by atoms with E-state index >= 15 is 0 Å². The van der Waals surface area contributed by atoms with Crippen LogP contribution in [0, 0.1) is 5.92 Å². The smallest absolute Gasteiger partial charge is 0.310 e.